The molecule has 4 N–H and O–H groups in total. The van der Waals surface area contributed by atoms with Crippen molar-refractivity contribution in [1.82, 2.24) is 9.13 Å². The molecule has 0 fully saturated rings. The molecule has 0 spiro atoms. The van der Waals surface area contributed by atoms with E-state index in [4.69, 9.17) is 11.5 Å². The van der Waals surface area contributed by atoms with E-state index in [0.29, 0.717) is 6.54 Å². The molecule has 0 aliphatic heterocycles. The zero-order chi connectivity index (χ0) is 34.9. The second-order valence-electron chi connectivity index (χ2n) is 13.7. The summed E-state index contributed by atoms with van der Waals surface area (Å²) in [7, 11) is 0. The summed E-state index contributed by atoms with van der Waals surface area (Å²) in [6.45, 7) is 2.70. The molecule has 0 saturated heterocycles. The summed E-state index contributed by atoms with van der Waals surface area (Å²) < 4.78 is 4.83. The van der Waals surface area contributed by atoms with Crippen LogP contribution in [0.1, 0.15) is 23.6 Å². The maximum atomic E-state index is 6.68. The van der Waals surface area contributed by atoms with Gasteiger partial charge in [0.2, 0.25) is 0 Å². The molecule has 248 valence electrons. The standard InChI is InChI=1S/C48H36N4/c1-2-11-37-42(28-49)47-34(14-10-18-38(47)48(37)50)29-51-43-19-9-8-17-36(43)39-25-32(20-22-44(39)51)33-21-23-45-40(26-33)41-24-30-12-6-7-13-31(30)27-46(41)52(45)35-15-4-3-5-16-35/h2-28H,29,49-50H2,1H3/b11-2-,42-28-. The monoisotopic (exact) mass is 668 g/mol. The molecule has 0 atom stereocenters. The number of hydrogen-bond donors (Lipinski definition) is 2. The van der Waals surface area contributed by atoms with Gasteiger partial charge in [0, 0.05) is 73.4 Å². The van der Waals surface area contributed by atoms with Gasteiger partial charge in [-0.2, -0.15) is 0 Å². The van der Waals surface area contributed by atoms with Crippen LogP contribution in [-0.2, 0) is 6.54 Å². The molecule has 0 saturated carbocycles. The normalized spacial score (nSPS) is 14.0. The SMILES string of the molecule is C/C=C\C1=C(N)c2cccc(Cn3c4ccccc4c4cc(-c5ccc6c(c5)c5cc7ccccc7cc5n6-c5ccccc5)ccc43)c2/C1=C\N. The van der Waals surface area contributed by atoms with Crippen molar-refractivity contribution in [3.8, 4) is 16.8 Å². The molecular formula is C48H36N4. The Labute approximate surface area is 301 Å². The van der Waals surface area contributed by atoms with E-state index in [1.165, 1.54) is 71.1 Å². The molecule has 0 bridgehead atoms. The molecule has 9 aromatic rings. The molecule has 4 heteroatoms. The molecule has 0 unspecified atom stereocenters. The number of benzene rings is 7. The summed E-state index contributed by atoms with van der Waals surface area (Å²) in [6.07, 6.45) is 5.77. The Morgan fingerprint density at radius 3 is 2.00 bits per heavy atom. The summed E-state index contributed by atoms with van der Waals surface area (Å²) in [5.74, 6) is 0. The van der Waals surface area contributed by atoms with Gasteiger partial charge < -0.3 is 20.6 Å². The minimum absolute atomic E-state index is 0.694. The van der Waals surface area contributed by atoms with E-state index in [0.717, 1.165) is 33.7 Å². The van der Waals surface area contributed by atoms with E-state index < -0.39 is 0 Å². The van der Waals surface area contributed by atoms with Gasteiger partial charge in [-0.3, -0.25) is 0 Å². The smallest absolute Gasteiger partial charge is 0.0547 e. The third-order valence-corrected chi connectivity index (χ3v) is 10.9. The quantitative estimate of drug-likeness (QED) is 0.192. The van der Waals surface area contributed by atoms with Gasteiger partial charge in [-0.05, 0) is 94.5 Å². The molecule has 10 rings (SSSR count). The van der Waals surface area contributed by atoms with Gasteiger partial charge >= 0.3 is 0 Å². The highest BCUT2D eigenvalue weighted by Gasteiger charge is 2.26. The second kappa shape index (κ2) is 11.6. The van der Waals surface area contributed by atoms with Crippen LogP contribution in [0, 0.1) is 0 Å². The van der Waals surface area contributed by atoms with Crippen LogP contribution in [0.3, 0.4) is 0 Å². The molecule has 0 amide bonds. The molecule has 1 aliphatic rings. The molecule has 1 aliphatic carbocycles. The van der Waals surface area contributed by atoms with E-state index in [-0.39, 0.29) is 0 Å². The minimum atomic E-state index is 0.694. The Balaban J connectivity index is 1.13. The average Bonchev–Trinajstić information content (AvgIpc) is 3.78. The van der Waals surface area contributed by atoms with E-state index in [1.54, 1.807) is 6.20 Å². The van der Waals surface area contributed by atoms with Gasteiger partial charge in [0.15, 0.2) is 0 Å². The average molecular weight is 669 g/mol. The Hall–Kier alpha value is -6.78. The van der Waals surface area contributed by atoms with E-state index in [9.17, 15) is 0 Å². The molecule has 2 heterocycles. The van der Waals surface area contributed by atoms with Crippen LogP contribution in [0.25, 0.3) is 82.5 Å². The molecule has 0 radical (unpaired) electrons. The first-order valence-corrected chi connectivity index (χ1v) is 17.8. The number of aromatic nitrogens is 2. The van der Waals surface area contributed by atoms with Crippen molar-refractivity contribution in [1.29, 1.82) is 0 Å². The lowest BCUT2D eigenvalue weighted by Gasteiger charge is -2.14. The maximum Gasteiger partial charge on any atom is 0.0547 e. The number of hydrogen-bond acceptors (Lipinski definition) is 2. The lowest BCUT2D eigenvalue weighted by Crippen LogP contribution is -2.04. The summed E-state index contributed by atoms with van der Waals surface area (Å²) in [5, 5.41) is 7.46. The van der Waals surface area contributed by atoms with Gasteiger partial charge in [0.25, 0.3) is 0 Å². The predicted molar refractivity (Wildman–Crippen MR) is 220 cm³/mol. The summed E-state index contributed by atoms with van der Waals surface area (Å²) in [6, 6.07) is 53.0. The highest BCUT2D eigenvalue weighted by atomic mass is 15.0. The van der Waals surface area contributed by atoms with Crippen molar-refractivity contribution in [2.24, 2.45) is 11.5 Å². The van der Waals surface area contributed by atoms with Gasteiger partial charge in [-0.25, -0.2) is 0 Å². The van der Waals surface area contributed by atoms with Crippen molar-refractivity contribution < 1.29 is 0 Å². The molecule has 2 aromatic heterocycles. The van der Waals surface area contributed by atoms with Gasteiger partial charge in [-0.1, -0.05) is 103 Å². The fourth-order valence-electron chi connectivity index (χ4n) is 8.53. The lowest BCUT2D eigenvalue weighted by atomic mass is 9.97. The van der Waals surface area contributed by atoms with Crippen LogP contribution in [-0.4, -0.2) is 9.13 Å². The molecule has 52 heavy (non-hydrogen) atoms. The minimum Gasteiger partial charge on any atom is -0.404 e. The highest BCUT2D eigenvalue weighted by molar-refractivity contribution is 6.15. The molecular weight excluding hydrogens is 633 g/mol. The third kappa shape index (κ3) is 4.41. The topological polar surface area (TPSA) is 61.9 Å². The van der Waals surface area contributed by atoms with Crippen LogP contribution in [0.5, 0.6) is 0 Å². The first kappa shape index (κ1) is 30.1. The molecule has 4 nitrogen and oxygen atoms in total. The van der Waals surface area contributed by atoms with Crippen LogP contribution < -0.4 is 11.5 Å². The van der Waals surface area contributed by atoms with Crippen molar-refractivity contribution in [3.05, 3.63) is 186 Å². The van der Waals surface area contributed by atoms with Crippen LogP contribution in [0.15, 0.2) is 170 Å². The van der Waals surface area contributed by atoms with Crippen molar-refractivity contribution in [2.45, 2.75) is 13.5 Å². The number of allylic oxidation sites excluding steroid dienone is 4. The number of fused-ring (bicyclic) bond motifs is 8. The second-order valence-corrected chi connectivity index (χ2v) is 13.7. The Morgan fingerprint density at radius 2 is 1.23 bits per heavy atom. The largest absolute Gasteiger partial charge is 0.404 e. The summed E-state index contributed by atoms with van der Waals surface area (Å²) in [5.41, 5.74) is 27.4. The van der Waals surface area contributed by atoms with Crippen molar-refractivity contribution in [3.63, 3.8) is 0 Å². The Kier molecular flexibility index (Phi) is 6.74. The number of nitrogens with two attached hydrogens (primary N) is 2. The number of nitrogens with zero attached hydrogens (tertiary/aromatic N) is 2. The predicted octanol–water partition coefficient (Wildman–Crippen LogP) is 11.3. The maximum absolute atomic E-state index is 6.68. The fraction of sp³-hybridized carbons (Fsp3) is 0.0417. The number of para-hydroxylation sites is 2. The van der Waals surface area contributed by atoms with Crippen molar-refractivity contribution in [2.75, 3.05) is 0 Å². The van der Waals surface area contributed by atoms with Gasteiger partial charge in [0.1, 0.15) is 0 Å². The first-order chi connectivity index (χ1) is 25.6. The van der Waals surface area contributed by atoms with E-state index in [2.05, 4.69) is 161 Å². The lowest BCUT2D eigenvalue weighted by molar-refractivity contribution is 0.866. The fourth-order valence-corrected chi connectivity index (χ4v) is 8.53. The first-order valence-electron chi connectivity index (χ1n) is 17.8. The third-order valence-electron chi connectivity index (χ3n) is 10.9. The van der Waals surface area contributed by atoms with E-state index >= 15 is 0 Å². The number of rotatable bonds is 5. The van der Waals surface area contributed by atoms with Crippen molar-refractivity contribution >= 4 is 65.7 Å². The Bertz CT molecular complexity index is 3000. The Morgan fingerprint density at radius 1 is 0.577 bits per heavy atom. The van der Waals surface area contributed by atoms with Crippen LogP contribution in [0.4, 0.5) is 0 Å². The zero-order valence-corrected chi connectivity index (χ0v) is 28.8. The van der Waals surface area contributed by atoms with Crippen LogP contribution in [0.2, 0.25) is 0 Å². The van der Waals surface area contributed by atoms with Crippen LogP contribution >= 0.6 is 0 Å². The highest BCUT2D eigenvalue weighted by Crippen LogP contribution is 2.43. The van der Waals surface area contributed by atoms with Gasteiger partial charge in [-0.15, -0.1) is 0 Å². The molecule has 7 aromatic carbocycles. The summed E-state index contributed by atoms with van der Waals surface area (Å²) >= 11 is 0. The zero-order valence-electron chi connectivity index (χ0n) is 28.8. The van der Waals surface area contributed by atoms with Gasteiger partial charge in [0.05, 0.1) is 11.0 Å². The van der Waals surface area contributed by atoms with E-state index in [1.807, 2.05) is 13.0 Å². The summed E-state index contributed by atoms with van der Waals surface area (Å²) in [4.78, 5) is 0.